The molecule has 1 heterocycles. The SMILES string of the molecule is CCC(=O)C1CCCCN1C(=O)C(C)=O. The lowest BCUT2D eigenvalue weighted by Gasteiger charge is -2.33. The number of carbonyl (C=O) groups excluding carboxylic acids is 3. The van der Waals surface area contributed by atoms with Crippen LogP contribution in [-0.2, 0) is 14.4 Å². The van der Waals surface area contributed by atoms with Gasteiger partial charge in [-0.15, -0.1) is 0 Å². The number of hydrogen-bond acceptors (Lipinski definition) is 3. The van der Waals surface area contributed by atoms with E-state index in [0.29, 0.717) is 19.4 Å². The zero-order valence-electron chi connectivity index (χ0n) is 9.28. The topological polar surface area (TPSA) is 54.5 Å². The fourth-order valence-corrected chi connectivity index (χ4v) is 1.95. The number of amides is 1. The van der Waals surface area contributed by atoms with Gasteiger partial charge in [-0.3, -0.25) is 14.4 Å². The van der Waals surface area contributed by atoms with Gasteiger partial charge in [0, 0.05) is 19.9 Å². The second-order valence-corrected chi connectivity index (χ2v) is 3.89. The molecule has 1 unspecified atom stereocenters. The molecule has 1 saturated heterocycles. The number of carbonyl (C=O) groups is 3. The van der Waals surface area contributed by atoms with Crippen LogP contribution in [0.25, 0.3) is 0 Å². The van der Waals surface area contributed by atoms with E-state index < -0.39 is 11.7 Å². The lowest BCUT2D eigenvalue weighted by molar-refractivity contribution is -0.148. The molecule has 0 bridgehead atoms. The van der Waals surface area contributed by atoms with Gasteiger partial charge in [0.2, 0.25) is 5.78 Å². The van der Waals surface area contributed by atoms with E-state index in [1.807, 2.05) is 0 Å². The van der Waals surface area contributed by atoms with Crippen molar-refractivity contribution in [3.63, 3.8) is 0 Å². The lowest BCUT2D eigenvalue weighted by atomic mass is 9.97. The first-order chi connectivity index (χ1) is 7.07. The summed E-state index contributed by atoms with van der Waals surface area (Å²) in [7, 11) is 0. The summed E-state index contributed by atoms with van der Waals surface area (Å²) in [5.41, 5.74) is 0. The molecule has 0 radical (unpaired) electrons. The molecule has 1 atom stereocenters. The Morgan fingerprint density at radius 2 is 1.93 bits per heavy atom. The summed E-state index contributed by atoms with van der Waals surface area (Å²) in [5, 5.41) is 0. The predicted octanol–water partition coefficient (Wildman–Crippen LogP) is 0.936. The van der Waals surface area contributed by atoms with E-state index in [2.05, 4.69) is 0 Å². The lowest BCUT2D eigenvalue weighted by Crippen LogP contribution is -2.49. The summed E-state index contributed by atoms with van der Waals surface area (Å²) in [4.78, 5) is 35.6. The molecular weight excluding hydrogens is 194 g/mol. The van der Waals surface area contributed by atoms with Gasteiger partial charge in [-0.05, 0) is 19.3 Å². The highest BCUT2D eigenvalue weighted by atomic mass is 16.2. The molecule has 1 rings (SSSR count). The van der Waals surface area contributed by atoms with Gasteiger partial charge in [-0.2, -0.15) is 0 Å². The van der Waals surface area contributed by atoms with Crippen molar-refractivity contribution in [1.29, 1.82) is 0 Å². The van der Waals surface area contributed by atoms with Crippen molar-refractivity contribution < 1.29 is 14.4 Å². The third-order valence-electron chi connectivity index (χ3n) is 2.78. The Hall–Kier alpha value is -1.19. The molecule has 1 fully saturated rings. The van der Waals surface area contributed by atoms with Crippen molar-refractivity contribution in [2.24, 2.45) is 0 Å². The van der Waals surface area contributed by atoms with Crippen LogP contribution >= 0.6 is 0 Å². The van der Waals surface area contributed by atoms with Crippen LogP contribution in [0.5, 0.6) is 0 Å². The molecule has 84 valence electrons. The molecule has 1 amide bonds. The molecule has 4 heteroatoms. The normalized spacial score (nSPS) is 21.2. The van der Waals surface area contributed by atoms with Gasteiger partial charge in [0.25, 0.3) is 5.91 Å². The summed E-state index contributed by atoms with van der Waals surface area (Å²) in [6.07, 6.45) is 2.96. The molecule has 0 aromatic carbocycles. The van der Waals surface area contributed by atoms with Crippen LogP contribution in [0.2, 0.25) is 0 Å². The van der Waals surface area contributed by atoms with Crippen molar-refractivity contribution in [2.75, 3.05) is 6.54 Å². The maximum absolute atomic E-state index is 11.6. The van der Waals surface area contributed by atoms with Crippen LogP contribution < -0.4 is 0 Å². The van der Waals surface area contributed by atoms with E-state index in [1.165, 1.54) is 11.8 Å². The first-order valence-corrected chi connectivity index (χ1v) is 5.42. The highest BCUT2D eigenvalue weighted by Crippen LogP contribution is 2.19. The summed E-state index contributed by atoms with van der Waals surface area (Å²) < 4.78 is 0. The molecule has 0 N–H and O–H groups in total. The first-order valence-electron chi connectivity index (χ1n) is 5.42. The maximum atomic E-state index is 11.6. The number of hydrogen-bond donors (Lipinski definition) is 0. The average molecular weight is 211 g/mol. The average Bonchev–Trinajstić information content (AvgIpc) is 2.27. The molecule has 0 aromatic heterocycles. The molecule has 0 saturated carbocycles. The number of rotatable bonds is 3. The molecular formula is C11H17NO3. The van der Waals surface area contributed by atoms with Crippen LogP contribution in [-0.4, -0.2) is 35.0 Å². The zero-order chi connectivity index (χ0) is 11.4. The minimum atomic E-state index is -0.512. The third kappa shape index (κ3) is 2.64. The van der Waals surface area contributed by atoms with Gasteiger partial charge in [-0.1, -0.05) is 6.92 Å². The van der Waals surface area contributed by atoms with Crippen molar-refractivity contribution in [1.82, 2.24) is 4.90 Å². The number of ketones is 2. The summed E-state index contributed by atoms with van der Waals surface area (Å²) in [6, 6.07) is -0.361. The fraction of sp³-hybridized carbons (Fsp3) is 0.727. The van der Waals surface area contributed by atoms with Crippen molar-refractivity contribution in [2.45, 2.75) is 45.6 Å². The predicted molar refractivity (Wildman–Crippen MR) is 55.3 cm³/mol. The highest BCUT2D eigenvalue weighted by Gasteiger charge is 2.32. The van der Waals surface area contributed by atoms with Crippen LogP contribution in [0.4, 0.5) is 0 Å². The molecule has 1 aliphatic rings. The Morgan fingerprint density at radius 1 is 1.27 bits per heavy atom. The molecule has 0 aliphatic carbocycles. The Morgan fingerprint density at radius 3 is 2.47 bits per heavy atom. The van der Waals surface area contributed by atoms with Crippen LogP contribution in [0.3, 0.4) is 0 Å². The second-order valence-electron chi connectivity index (χ2n) is 3.89. The minimum Gasteiger partial charge on any atom is -0.326 e. The van der Waals surface area contributed by atoms with E-state index in [-0.39, 0.29) is 11.8 Å². The van der Waals surface area contributed by atoms with Gasteiger partial charge < -0.3 is 4.90 Å². The van der Waals surface area contributed by atoms with Crippen molar-refractivity contribution in [3.8, 4) is 0 Å². The third-order valence-corrected chi connectivity index (χ3v) is 2.78. The minimum absolute atomic E-state index is 0.0595. The van der Waals surface area contributed by atoms with E-state index in [4.69, 9.17) is 0 Å². The molecule has 1 aliphatic heterocycles. The van der Waals surface area contributed by atoms with Crippen molar-refractivity contribution in [3.05, 3.63) is 0 Å². The fourth-order valence-electron chi connectivity index (χ4n) is 1.95. The first kappa shape index (κ1) is 11.9. The van der Waals surface area contributed by atoms with Gasteiger partial charge in [0.15, 0.2) is 5.78 Å². The van der Waals surface area contributed by atoms with Crippen LogP contribution in [0, 0.1) is 0 Å². The van der Waals surface area contributed by atoms with Gasteiger partial charge >= 0.3 is 0 Å². The second kappa shape index (κ2) is 5.05. The summed E-state index contributed by atoms with van der Waals surface area (Å²) >= 11 is 0. The van der Waals surface area contributed by atoms with E-state index in [1.54, 1.807) is 6.92 Å². The van der Waals surface area contributed by atoms with Gasteiger partial charge in [0.1, 0.15) is 0 Å². The molecule has 0 aromatic rings. The Balaban J connectivity index is 2.78. The molecule has 15 heavy (non-hydrogen) atoms. The van der Waals surface area contributed by atoms with Gasteiger partial charge in [0.05, 0.1) is 6.04 Å². The van der Waals surface area contributed by atoms with Crippen LogP contribution in [0.1, 0.15) is 39.5 Å². The zero-order valence-corrected chi connectivity index (χ0v) is 9.28. The van der Waals surface area contributed by atoms with Gasteiger partial charge in [-0.25, -0.2) is 0 Å². The standard InChI is InChI=1S/C11H17NO3/c1-3-10(14)9-6-4-5-7-12(9)11(15)8(2)13/h9H,3-7H2,1-2H3. The Labute approximate surface area is 89.6 Å². The quantitative estimate of drug-likeness (QED) is 0.653. The number of likely N-dealkylation sites (tertiary alicyclic amines) is 1. The summed E-state index contributed by atoms with van der Waals surface area (Å²) in [6.45, 7) is 3.58. The number of piperidine rings is 1. The number of nitrogens with zero attached hydrogens (tertiary/aromatic N) is 1. The number of Topliss-reactive ketones (excluding diaryl/α,β-unsaturated/α-hetero) is 2. The molecule has 4 nitrogen and oxygen atoms in total. The monoisotopic (exact) mass is 211 g/mol. The maximum Gasteiger partial charge on any atom is 0.290 e. The van der Waals surface area contributed by atoms with Crippen LogP contribution in [0.15, 0.2) is 0 Å². The van der Waals surface area contributed by atoms with E-state index in [9.17, 15) is 14.4 Å². The Bertz CT molecular complexity index is 286. The molecule has 0 spiro atoms. The smallest absolute Gasteiger partial charge is 0.290 e. The highest BCUT2D eigenvalue weighted by molar-refractivity contribution is 6.35. The van der Waals surface area contributed by atoms with Crippen molar-refractivity contribution >= 4 is 17.5 Å². The Kier molecular flexibility index (Phi) is 4.00. The largest absolute Gasteiger partial charge is 0.326 e. The van der Waals surface area contributed by atoms with E-state index >= 15 is 0 Å². The van der Waals surface area contributed by atoms with E-state index in [0.717, 1.165) is 12.8 Å². The summed E-state index contributed by atoms with van der Waals surface area (Å²) in [5.74, 6) is -0.934.